The number of rotatable bonds is 2. The predicted octanol–water partition coefficient (Wildman–Crippen LogP) is 4.40. The van der Waals surface area contributed by atoms with Gasteiger partial charge in [0.25, 0.3) is 0 Å². The molecule has 0 atom stereocenters. The highest BCUT2D eigenvalue weighted by atomic mass is 35.5. The summed E-state index contributed by atoms with van der Waals surface area (Å²) in [7, 11) is 0. The molecular weight excluding hydrogens is 279 g/mol. The summed E-state index contributed by atoms with van der Waals surface area (Å²) in [6.45, 7) is 0.319. The largest absolute Gasteiger partial charge is 0.326 e. The molecule has 0 saturated heterocycles. The van der Waals surface area contributed by atoms with E-state index in [4.69, 9.17) is 28.9 Å². The summed E-state index contributed by atoms with van der Waals surface area (Å²) >= 11 is 11.9. The van der Waals surface area contributed by atoms with Crippen molar-refractivity contribution in [1.29, 1.82) is 0 Å². The van der Waals surface area contributed by atoms with Crippen LogP contribution in [0.2, 0.25) is 10.0 Å². The van der Waals surface area contributed by atoms with Crippen LogP contribution in [0, 0.1) is 11.6 Å². The standard InChI is InChI=1S/C13H9Cl2F2N/c14-9-3-4-11(16)13(17)12(9)8-2-1-7(6-18)5-10(8)15/h1-5H,6,18H2. The molecule has 2 rings (SSSR count). The molecule has 0 spiro atoms. The molecule has 0 unspecified atom stereocenters. The first-order valence-corrected chi connectivity index (χ1v) is 5.92. The van der Waals surface area contributed by atoms with Gasteiger partial charge in [-0.1, -0.05) is 35.3 Å². The number of hydrogen-bond acceptors (Lipinski definition) is 1. The van der Waals surface area contributed by atoms with Gasteiger partial charge in [0.05, 0.1) is 5.02 Å². The van der Waals surface area contributed by atoms with Gasteiger partial charge in [0.2, 0.25) is 0 Å². The van der Waals surface area contributed by atoms with Crippen LogP contribution < -0.4 is 5.73 Å². The Morgan fingerprint density at radius 3 is 2.33 bits per heavy atom. The normalized spacial score (nSPS) is 10.7. The highest BCUT2D eigenvalue weighted by Crippen LogP contribution is 2.36. The number of halogens is 4. The van der Waals surface area contributed by atoms with Crippen molar-refractivity contribution in [3.8, 4) is 11.1 Å². The molecule has 1 nitrogen and oxygen atoms in total. The Balaban J connectivity index is 2.66. The quantitative estimate of drug-likeness (QED) is 0.814. The number of nitrogens with two attached hydrogens (primary N) is 1. The number of hydrogen-bond donors (Lipinski definition) is 1. The van der Waals surface area contributed by atoms with Crippen LogP contribution in [-0.4, -0.2) is 0 Å². The van der Waals surface area contributed by atoms with Crippen molar-refractivity contribution in [3.05, 3.63) is 57.6 Å². The minimum Gasteiger partial charge on any atom is -0.326 e. The molecule has 0 aliphatic heterocycles. The zero-order valence-electron chi connectivity index (χ0n) is 9.18. The van der Waals surface area contributed by atoms with Crippen LogP contribution in [0.5, 0.6) is 0 Å². The van der Waals surface area contributed by atoms with Crippen molar-refractivity contribution in [2.75, 3.05) is 0 Å². The molecule has 0 amide bonds. The number of benzene rings is 2. The fraction of sp³-hybridized carbons (Fsp3) is 0.0769. The van der Waals surface area contributed by atoms with Crippen LogP contribution in [0.25, 0.3) is 11.1 Å². The van der Waals surface area contributed by atoms with E-state index in [1.165, 1.54) is 6.07 Å². The average Bonchev–Trinajstić information content (AvgIpc) is 2.36. The third kappa shape index (κ3) is 2.34. The molecule has 0 aliphatic carbocycles. The Labute approximate surface area is 113 Å². The second kappa shape index (κ2) is 5.22. The van der Waals surface area contributed by atoms with E-state index in [0.717, 1.165) is 11.6 Å². The zero-order chi connectivity index (χ0) is 13.3. The average molecular weight is 288 g/mol. The van der Waals surface area contributed by atoms with Gasteiger partial charge in [0, 0.05) is 22.7 Å². The van der Waals surface area contributed by atoms with Crippen molar-refractivity contribution in [2.24, 2.45) is 5.73 Å². The van der Waals surface area contributed by atoms with E-state index in [2.05, 4.69) is 0 Å². The Kier molecular flexibility index (Phi) is 3.85. The Morgan fingerprint density at radius 2 is 1.72 bits per heavy atom. The van der Waals surface area contributed by atoms with E-state index < -0.39 is 11.6 Å². The Hall–Kier alpha value is -1.16. The van der Waals surface area contributed by atoms with Crippen LogP contribution in [0.4, 0.5) is 8.78 Å². The van der Waals surface area contributed by atoms with E-state index in [1.807, 2.05) is 0 Å². The lowest BCUT2D eigenvalue weighted by molar-refractivity contribution is 0.511. The molecule has 0 fully saturated rings. The van der Waals surface area contributed by atoms with Crippen molar-refractivity contribution in [1.82, 2.24) is 0 Å². The van der Waals surface area contributed by atoms with Crippen molar-refractivity contribution in [2.45, 2.75) is 6.54 Å². The molecule has 0 saturated carbocycles. The maximum Gasteiger partial charge on any atom is 0.168 e. The van der Waals surface area contributed by atoms with Crippen molar-refractivity contribution in [3.63, 3.8) is 0 Å². The summed E-state index contributed by atoms with van der Waals surface area (Å²) in [5.74, 6) is -1.97. The molecular formula is C13H9Cl2F2N. The van der Waals surface area contributed by atoms with E-state index in [1.54, 1.807) is 18.2 Å². The Morgan fingerprint density at radius 1 is 1.00 bits per heavy atom. The summed E-state index contributed by atoms with van der Waals surface area (Å²) < 4.78 is 27.0. The van der Waals surface area contributed by atoms with Crippen LogP contribution in [0.1, 0.15) is 5.56 Å². The third-order valence-corrected chi connectivity index (χ3v) is 3.21. The maximum absolute atomic E-state index is 13.8. The van der Waals surface area contributed by atoms with Crippen LogP contribution in [-0.2, 0) is 6.54 Å². The first-order valence-electron chi connectivity index (χ1n) is 5.17. The molecule has 0 radical (unpaired) electrons. The summed E-state index contributed by atoms with van der Waals surface area (Å²) in [6.07, 6.45) is 0. The van der Waals surface area contributed by atoms with Gasteiger partial charge >= 0.3 is 0 Å². The van der Waals surface area contributed by atoms with Gasteiger partial charge in [-0.25, -0.2) is 8.78 Å². The van der Waals surface area contributed by atoms with Gasteiger partial charge in [0.1, 0.15) is 0 Å². The fourth-order valence-corrected chi connectivity index (χ4v) is 2.21. The molecule has 2 aromatic carbocycles. The van der Waals surface area contributed by atoms with Gasteiger partial charge in [-0.3, -0.25) is 0 Å². The molecule has 2 N–H and O–H groups in total. The molecule has 0 bridgehead atoms. The SMILES string of the molecule is NCc1ccc(-c2c(Cl)ccc(F)c2F)c(Cl)c1. The first kappa shape index (κ1) is 13.3. The van der Waals surface area contributed by atoms with Gasteiger partial charge in [0.15, 0.2) is 11.6 Å². The smallest absolute Gasteiger partial charge is 0.168 e. The molecule has 0 aromatic heterocycles. The van der Waals surface area contributed by atoms with Crippen LogP contribution in [0.3, 0.4) is 0 Å². The monoisotopic (exact) mass is 287 g/mol. The minimum atomic E-state index is -1.01. The first-order chi connectivity index (χ1) is 8.54. The van der Waals surface area contributed by atoms with E-state index in [0.29, 0.717) is 12.1 Å². The highest BCUT2D eigenvalue weighted by molar-refractivity contribution is 6.36. The zero-order valence-corrected chi connectivity index (χ0v) is 10.7. The maximum atomic E-state index is 13.8. The van der Waals surface area contributed by atoms with Gasteiger partial charge in [-0.2, -0.15) is 0 Å². The minimum absolute atomic E-state index is 0.0368. The topological polar surface area (TPSA) is 26.0 Å². The van der Waals surface area contributed by atoms with E-state index in [9.17, 15) is 8.78 Å². The highest BCUT2D eigenvalue weighted by Gasteiger charge is 2.16. The predicted molar refractivity (Wildman–Crippen MR) is 69.7 cm³/mol. The molecule has 0 aliphatic rings. The summed E-state index contributed by atoms with van der Waals surface area (Å²) in [6, 6.07) is 7.15. The van der Waals surface area contributed by atoms with Crippen molar-refractivity contribution < 1.29 is 8.78 Å². The fourth-order valence-electron chi connectivity index (χ4n) is 1.66. The summed E-state index contributed by atoms with van der Waals surface area (Å²) in [4.78, 5) is 0. The van der Waals surface area contributed by atoms with Crippen LogP contribution >= 0.6 is 23.2 Å². The van der Waals surface area contributed by atoms with Crippen molar-refractivity contribution >= 4 is 23.2 Å². The summed E-state index contributed by atoms with van der Waals surface area (Å²) in [5, 5.41) is 0.389. The second-order valence-electron chi connectivity index (χ2n) is 3.74. The lowest BCUT2D eigenvalue weighted by atomic mass is 10.0. The summed E-state index contributed by atoms with van der Waals surface area (Å²) in [5.41, 5.74) is 6.58. The molecule has 18 heavy (non-hydrogen) atoms. The second-order valence-corrected chi connectivity index (χ2v) is 4.55. The van der Waals surface area contributed by atoms with E-state index in [-0.39, 0.29) is 15.6 Å². The lowest BCUT2D eigenvalue weighted by Gasteiger charge is -2.10. The lowest BCUT2D eigenvalue weighted by Crippen LogP contribution is -1.97. The van der Waals surface area contributed by atoms with Gasteiger partial charge < -0.3 is 5.73 Å². The van der Waals surface area contributed by atoms with Gasteiger partial charge in [-0.05, 0) is 23.8 Å². The van der Waals surface area contributed by atoms with Gasteiger partial charge in [-0.15, -0.1) is 0 Å². The molecule has 5 heteroatoms. The third-order valence-electron chi connectivity index (χ3n) is 2.58. The molecule has 94 valence electrons. The molecule has 2 aromatic rings. The van der Waals surface area contributed by atoms with E-state index >= 15 is 0 Å². The van der Waals surface area contributed by atoms with Crippen LogP contribution in [0.15, 0.2) is 30.3 Å². The Bertz CT molecular complexity index is 600. The molecule has 0 heterocycles.